The predicted octanol–water partition coefficient (Wildman–Crippen LogP) is 4.06. The van der Waals surface area contributed by atoms with Crippen molar-refractivity contribution in [1.29, 1.82) is 0 Å². The first-order valence-electron chi connectivity index (χ1n) is 10.2. The smallest absolute Gasteiger partial charge is 0.163 e. The molecule has 0 amide bonds. The van der Waals surface area contributed by atoms with E-state index in [0.29, 0.717) is 22.2 Å². The van der Waals surface area contributed by atoms with Gasteiger partial charge in [-0.1, -0.05) is 23.7 Å². The quantitative estimate of drug-likeness (QED) is 0.488. The fourth-order valence-corrected chi connectivity index (χ4v) is 4.15. The Morgan fingerprint density at radius 1 is 1.16 bits per heavy atom. The second-order valence-electron chi connectivity index (χ2n) is 7.84. The summed E-state index contributed by atoms with van der Waals surface area (Å²) in [6.45, 7) is 0. The van der Waals surface area contributed by atoms with E-state index in [1.165, 1.54) is 0 Å². The van der Waals surface area contributed by atoms with Crippen molar-refractivity contribution >= 4 is 34.3 Å². The van der Waals surface area contributed by atoms with Gasteiger partial charge in [0, 0.05) is 36.8 Å². The van der Waals surface area contributed by atoms with Crippen LogP contribution in [0.1, 0.15) is 19.3 Å². The van der Waals surface area contributed by atoms with Crippen molar-refractivity contribution in [3.63, 3.8) is 0 Å². The number of hydrogen-bond donors (Lipinski definition) is 2. The number of pyridine rings is 1. The third kappa shape index (κ3) is 3.84. The lowest BCUT2D eigenvalue weighted by atomic mass is 10.1. The van der Waals surface area contributed by atoms with E-state index in [2.05, 4.69) is 15.5 Å². The first-order chi connectivity index (χ1) is 15.0. The Morgan fingerprint density at radius 2 is 2.03 bits per heavy atom. The van der Waals surface area contributed by atoms with Gasteiger partial charge in [0.2, 0.25) is 0 Å². The molecule has 0 radical (unpaired) electrons. The molecule has 1 saturated carbocycles. The number of hydrogen-bond acceptors (Lipinski definition) is 6. The van der Waals surface area contributed by atoms with E-state index in [0.717, 1.165) is 41.7 Å². The van der Waals surface area contributed by atoms with Crippen molar-refractivity contribution < 1.29 is 9.84 Å². The molecule has 4 aromatic rings. The highest BCUT2D eigenvalue weighted by molar-refractivity contribution is 6.30. The Labute approximate surface area is 184 Å². The second-order valence-corrected chi connectivity index (χ2v) is 8.28. The second kappa shape index (κ2) is 7.86. The summed E-state index contributed by atoms with van der Waals surface area (Å²) in [5.74, 6) is 2.04. The van der Waals surface area contributed by atoms with Crippen LogP contribution in [0.3, 0.4) is 0 Å². The van der Waals surface area contributed by atoms with E-state index in [9.17, 15) is 5.11 Å². The summed E-state index contributed by atoms with van der Waals surface area (Å²) in [6.07, 6.45) is 3.62. The summed E-state index contributed by atoms with van der Waals surface area (Å²) in [6, 6.07) is 11.4. The number of halogens is 1. The van der Waals surface area contributed by atoms with Crippen LogP contribution in [-0.2, 0) is 14.1 Å². The maximum absolute atomic E-state index is 10.2. The number of benzene rings is 1. The third-order valence-corrected chi connectivity index (χ3v) is 5.85. The summed E-state index contributed by atoms with van der Waals surface area (Å²) in [5, 5.41) is 23.9. The van der Waals surface area contributed by atoms with E-state index in [-0.39, 0.29) is 6.10 Å². The van der Waals surface area contributed by atoms with Gasteiger partial charge in [0.25, 0.3) is 0 Å². The molecule has 1 aromatic carbocycles. The van der Waals surface area contributed by atoms with Crippen molar-refractivity contribution in [3.8, 4) is 17.0 Å². The predicted molar refractivity (Wildman–Crippen MR) is 120 cm³/mol. The molecular formula is C22H23ClN6O2. The molecule has 1 aliphatic rings. The molecule has 9 heteroatoms. The molecular weight excluding hydrogens is 416 g/mol. The standard InChI is InChI=1S/C22H23ClN6O2/c1-28-21(10-16(27-28)13-5-3-6-14(23)9-13)25-20-11-19(31-18-8-4-7-17(18)30)15-12-24-29(2)22(15)26-20/h3,5-6,9-12,17-18,30H,4,7-8H2,1-2H3,(H,25,26)/t17-,18+/m1/s1. The molecule has 3 aromatic heterocycles. The average molecular weight is 439 g/mol. The van der Waals surface area contributed by atoms with Crippen molar-refractivity contribution in [3.05, 3.63) is 47.6 Å². The summed E-state index contributed by atoms with van der Waals surface area (Å²) >= 11 is 6.13. The van der Waals surface area contributed by atoms with E-state index in [1.54, 1.807) is 15.6 Å². The van der Waals surface area contributed by atoms with Gasteiger partial charge in [0.1, 0.15) is 23.5 Å². The minimum Gasteiger partial charge on any atom is -0.487 e. The van der Waals surface area contributed by atoms with Crippen molar-refractivity contribution in [2.45, 2.75) is 31.5 Å². The minimum atomic E-state index is -0.450. The molecule has 8 nitrogen and oxygen atoms in total. The lowest BCUT2D eigenvalue weighted by molar-refractivity contribution is 0.0614. The van der Waals surface area contributed by atoms with Crippen LogP contribution in [0.15, 0.2) is 42.6 Å². The Balaban J connectivity index is 1.49. The number of nitrogens with one attached hydrogen (secondary N) is 1. The SMILES string of the molecule is Cn1nc(-c2cccc(Cl)c2)cc1Nc1cc(O[C@H]2CCC[C@H]2O)c2cnn(C)c2n1. The Kier molecular flexibility index (Phi) is 5.03. The van der Waals surface area contributed by atoms with Crippen LogP contribution in [-0.4, -0.2) is 41.9 Å². The zero-order chi connectivity index (χ0) is 21.5. The van der Waals surface area contributed by atoms with Gasteiger partial charge in [0.15, 0.2) is 5.65 Å². The fraction of sp³-hybridized carbons (Fsp3) is 0.318. The van der Waals surface area contributed by atoms with Gasteiger partial charge in [-0.15, -0.1) is 0 Å². The van der Waals surface area contributed by atoms with Gasteiger partial charge in [-0.25, -0.2) is 4.98 Å². The Bertz CT molecular complexity index is 1250. The molecule has 31 heavy (non-hydrogen) atoms. The van der Waals surface area contributed by atoms with Crippen LogP contribution < -0.4 is 10.1 Å². The van der Waals surface area contributed by atoms with E-state index >= 15 is 0 Å². The highest BCUT2D eigenvalue weighted by atomic mass is 35.5. The molecule has 0 bridgehead atoms. The summed E-state index contributed by atoms with van der Waals surface area (Å²) in [5.41, 5.74) is 2.44. The number of rotatable bonds is 5. The van der Waals surface area contributed by atoms with Gasteiger partial charge >= 0.3 is 0 Å². The van der Waals surface area contributed by atoms with Crippen LogP contribution in [0.25, 0.3) is 22.3 Å². The zero-order valence-electron chi connectivity index (χ0n) is 17.3. The number of aliphatic hydroxyl groups excluding tert-OH is 1. The van der Waals surface area contributed by atoms with E-state index in [1.807, 2.05) is 50.5 Å². The maximum Gasteiger partial charge on any atom is 0.163 e. The zero-order valence-corrected chi connectivity index (χ0v) is 18.0. The number of ether oxygens (including phenoxy) is 1. The first-order valence-corrected chi connectivity index (χ1v) is 10.6. The Hall–Kier alpha value is -3.10. The minimum absolute atomic E-state index is 0.218. The lowest BCUT2D eigenvalue weighted by Gasteiger charge is -2.18. The number of aryl methyl sites for hydroxylation is 2. The van der Waals surface area contributed by atoms with Crippen LogP contribution >= 0.6 is 11.6 Å². The van der Waals surface area contributed by atoms with Crippen molar-refractivity contribution in [2.75, 3.05) is 5.32 Å². The molecule has 2 N–H and O–H groups in total. The summed E-state index contributed by atoms with van der Waals surface area (Å²) in [7, 11) is 3.71. The van der Waals surface area contributed by atoms with Crippen LogP contribution in [0.2, 0.25) is 5.02 Å². The normalized spacial score (nSPS) is 18.6. The number of aromatic nitrogens is 5. The highest BCUT2D eigenvalue weighted by Crippen LogP contribution is 2.33. The number of anilines is 2. The molecule has 0 saturated heterocycles. The molecule has 5 rings (SSSR count). The molecule has 0 spiro atoms. The van der Waals surface area contributed by atoms with Gasteiger partial charge in [-0.2, -0.15) is 10.2 Å². The lowest BCUT2D eigenvalue weighted by Crippen LogP contribution is -2.25. The largest absolute Gasteiger partial charge is 0.487 e. The van der Waals surface area contributed by atoms with Gasteiger partial charge < -0.3 is 15.2 Å². The topological polar surface area (TPSA) is 90.0 Å². The molecule has 2 atom stereocenters. The third-order valence-electron chi connectivity index (χ3n) is 5.62. The molecule has 1 fully saturated rings. The average Bonchev–Trinajstić information content (AvgIpc) is 3.43. The first kappa shape index (κ1) is 19.8. The van der Waals surface area contributed by atoms with Crippen LogP contribution in [0, 0.1) is 0 Å². The fourth-order valence-electron chi connectivity index (χ4n) is 3.96. The van der Waals surface area contributed by atoms with Crippen LogP contribution in [0.4, 0.5) is 11.6 Å². The molecule has 0 aliphatic heterocycles. The Morgan fingerprint density at radius 3 is 2.81 bits per heavy atom. The number of aliphatic hydroxyl groups is 1. The monoisotopic (exact) mass is 438 g/mol. The summed E-state index contributed by atoms with van der Waals surface area (Å²) < 4.78 is 9.65. The number of fused-ring (bicyclic) bond motifs is 1. The molecule has 0 unspecified atom stereocenters. The molecule has 160 valence electrons. The van der Waals surface area contributed by atoms with Crippen molar-refractivity contribution in [2.24, 2.45) is 14.1 Å². The van der Waals surface area contributed by atoms with E-state index in [4.69, 9.17) is 21.3 Å². The van der Waals surface area contributed by atoms with Crippen molar-refractivity contribution in [1.82, 2.24) is 24.5 Å². The van der Waals surface area contributed by atoms with Gasteiger partial charge in [-0.05, 0) is 31.4 Å². The van der Waals surface area contributed by atoms with E-state index < -0.39 is 6.10 Å². The maximum atomic E-state index is 10.2. The molecule has 1 aliphatic carbocycles. The van der Waals surface area contributed by atoms with Gasteiger partial charge in [0.05, 0.1) is 23.4 Å². The highest BCUT2D eigenvalue weighted by Gasteiger charge is 2.28. The van der Waals surface area contributed by atoms with Crippen LogP contribution in [0.5, 0.6) is 5.75 Å². The van der Waals surface area contributed by atoms with Gasteiger partial charge in [-0.3, -0.25) is 9.36 Å². The summed E-state index contributed by atoms with van der Waals surface area (Å²) in [4.78, 5) is 4.71. The number of nitrogens with zero attached hydrogens (tertiary/aromatic N) is 5. The molecule has 3 heterocycles.